The highest BCUT2D eigenvalue weighted by atomic mass is 19.1. The Balaban J connectivity index is 1.55. The Bertz CT molecular complexity index is 852. The fourth-order valence-electron chi connectivity index (χ4n) is 3.03. The SMILES string of the molecule is CC(C)(C)OC(=O)N1CCN(c2ccc(C(=O)Nc3ccc(F)cc3)cc2)CC1. The third-order valence-electron chi connectivity index (χ3n) is 4.53. The van der Waals surface area contributed by atoms with E-state index in [-0.39, 0.29) is 17.8 Å². The van der Waals surface area contributed by atoms with Gasteiger partial charge in [0.05, 0.1) is 0 Å². The van der Waals surface area contributed by atoms with Crippen LogP contribution in [0.5, 0.6) is 0 Å². The van der Waals surface area contributed by atoms with Crippen molar-refractivity contribution in [3.63, 3.8) is 0 Å². The number of hydrogen-bond donors (Lipinski definition) is 1. The van der Waals surface area contributed by atoms with E-state index >= 15 is 0 Å². The molecule has 0 saturated carbocycles. The quantitative estimate of drug-likeness (QED) is 0.843. The molecule has 1 fully saturated rings. The molecule has 0 unspecified atom stereocenters. The molecule has 1 N–H and O–H groups in total. The summed E-state index contributed by atoms with van der Waals surface area (Å²) in [4.78, 5) is 28.4. The van der Waals surface area contributed by atoms with Crippen molar-refractivity contribution in [2.75, 3.05) is 36.4 Å². The molecule has 0 atom stereocenters. The number of halogens is 1. The number of carbonyl (C=O) groups is 2. The van der Waals surface area contributed by atoms with E-state index in [1.54, 1.807) is 17.0 Å². The predicted octanol–water partition coefficient (Wildman–Crippen LogP) is 4.14. The van der Waals surface area contributed by atoms with Gasteiger partial charge >= 0.3 is 6.09 Å². The molecule has 6 nitrogen and oxygen atoms in total. The Kier molecular flexibility index (Phi) is 6.06. The topological polar surface area (TPSA) is 61.9 Å². The number of hydrogen-bond acceptors (Lipinski definition) is 4. The molecule has 2 amide bonds. The van der Waals surface area contributed by atoms with E-state index in [2.05, 4.69) is 10.2 Å². The molecular weight excluding hydrogens is 373 g/mol. The van der Waals surface area contributed by atoms with Crippen molar-refractivity contribution in [2.24, 2.45) is 0 Å². The minimum absolute atomic E-state index is 0.252. The number of rotatable bonds is 3. The Morgan fingerprint density at radius 2 is 1.52 bits per heavy atom. The van der Waals surface area contributed by atoms with Crippen LogP contribution in [0.15, 0.2) is 48.5 Å². The van der Waals surface area contributed by atoms with Crippen molar-refractivity contribution in [1.82, 2.24) is 4.90 Å². The Morgan fingerprint density at radius 3 is 2.07 bits per heavy atom. The molecule has 7 heteroatoms. The molecule has 0 aromatic heterocycles. The van der Waals surface area contributed by atoms with E-state index in [4.69, 9.17) is 4.74 Å². The van der Waals surface area contributed by atoms with Gasteiger partial charge in [0.1, 0.15) is 11.4 Å². The molecule has 1 aliphatic rings. The maximum atomic E-state index is 13.0. The van der Waals surface area contributed by atoms with Gasteiger partial charge in [0.2, 0.25) is 0 Å². The highest BCUT2D eigenvalue weighted by molar-refractivity contribution is 6.04. The minimum Gasteiger partial charge on any atom is -0.444 e. The van der Waals surface area contributed by atoms with Crippen LogP contribution in [0.25, 0.3) is 0 Å². The molecule has 2 aromatic carbocycles. The third-order valence-corrected chi connectivity index (χ3v) is 4.53. The van der Waals surface area contributed by atoms with Crippen molar-refractivity contribution in [3.05, 3.63) is 59.9 Å². The zero-order valence-electron chi connectivity index (χ0n) is 16.9. The number of piperazine rings is 1. The molecule has 2 aromatic rings. The number of carbonyl (C=O) groups excluding carboxylic acids is 2. The molecule has 3 rings (SSSR count). The Labute approximate surface area is 170 Å². The van der Waals surface area contributed by atoms with Crippen LogP contribution in [0.4, 0.5) is 20.6 Å². The molecule has 154 valence electrons. The molecule has 0 radical (unpaired) electrons. The lowest BCUT2D eigenvalue weighted by Crippen LogP contribution is -2.50. The van der Waals surface area contributed by atoms with Gasteiger partial charge in [-0.1, -0.05) is 0 Å². The van der Waals surface area contributed by atoms with E-state index in [0.29, 0.717) is 37.4 Å². The van der Waals surface area contributed by atoms with Gasteiger partial charge in [-0.05, 0) is 69.3 Å². The number of amides is 2. The van der Waals surface area contributed by atoms with Gasteiger partial charge in [-0.2, -0.15) is 0 Å². The van der Waals surface area contributed by atoms with Crippen molar-refractivity contribution < 1.29 is 18.7 Å². The van der Waals surface area contributed by atoms with Crippen LogP contribution in [0.1, 0.15) is 31.1 Å². The number of benzene rings is 2. The lowest BCUT2D eigenvalue weighted by atomic mass is 10.1. The summed E-state index contributed by atoms with van der Waals surface area (Å²) in [5.41, 5.74) is 1.55. The summed E-state index contributed by atoms with van der Waals surface area (Å²) in [6.45, 7) is 8.13. The first-order chi connectivity index (χ1) is 13.7. The highest BCUT2D eigenvalue weighted by Gasteiger charge is 2.26. The van der Waals surface area contributed by atoms with E-state index in [9.17, 15) is 14.0 Å². The molecule has 1 saturated heterocycles. The van der Waals surface area contributed by atoms with Crippen molar-refractivity contribution in [3.8, 4) is 0 Å². The average molecular weight is 399 g/mol. The first-order valence-electron chi connectivity index (χ1n) is 9.61. The van der Waals surface area contributed by atoms with Crippen LogP contribution in [0.2, 0.25) is 0 Å². The average Bonchev–Trinajstić information content (AvgIpc) is 2.69. The van der Waals surface area contributed by atoms with Crippen molar-refractivity contribution >= 4 is 23.4 Å². The zero-order chi connectivity index (χ0) is 21.0. The largest absolute Gasteiger partial charge is 0.444 e. The smallest absolute Gasteiger partial charge is 0.410 e. The highest BCUT2D eigenvalue weighted by Crippen LogP contribution is 2.19. The van der Waals surface area contributed by atoms with Gasteiger partial charge in [0.15, 0.2) is 0 Å². The Hall–Kier alpha value is -3.09. The number of nitrogens with zero attached hydrogens (tertiary/aromatic N) is 2. The molecular formula is C22H26FN3O3. The summed E-state index contributed by atoms with van der Waals surface area (Å²) in [6.07, 6.45) is -0.287. The lowest BCUT2D eigenvalue weighted by molar-refractivity contribution is 0.0240. The molecule has 1 aliphatic heterocycles. The van der Waals surface area contributed by atoms with Crippen LogP contribution in [-0.2, 0) is 4.74 Å². The minimum atomic E-state index is -0.501. The molecule has 29 heavy (non-hydrogen) atoms. The summed E-state index contributed by atoms with van der Waals surface area (Å²) in [5, 5.41) is 2.74. The van der Waals surface area contributed by atoms with Crippen LogP contribution < -0.4 is 10.2 Å². The number of anilines is 2. The second kappa shape index (κ2) is 8.51. The second-order valence-electron chi connectivity index (χ2n) is 7.96. The zero-order valence-corrected chi connectivity index (χ0v) is 16.9. The van der Waals surface area contributed by atoms with Crippen LogP contribution >= 0.6 is 0 Å². The number of ether oxygens (including phenoxy) is 1. The van der Waals surface area contributed by atoms with Gasteiger partial charge in [0, 0.05) is 43.1 Å². The van der Waals surface area contributed by atoms with Crippen LogP contribution in [0, 0.1) is 5.82 Å². The van der Waals surface area contributed by atoms with Gasteiger partial charge in [-0.3, -0.25) is 4.79 Å². The first kappa shape index (κ1) is 20.6. The van der Waals surface area contributed by atoms with Gasteiger partial charge in [-0.15, -0.1) is 0 Å². The predicted molar refractivity (Wildman–Crippen MR) is 111 cm³/mol. The summed E-state index contributed by atoms with van der Waals surface area (Å²) < 4.78 is 18.4. The van der Waals surface area contributed by atoms with Crippen LogP contribution in [0.3, 0.4) is 0 Å². The molecule has 0 aliphatic carbocycles. The molecule has 0 spiro atoms. The van der Waals surface area contributed by atoms with E-state index in [1.165, 1.54) is 24.3 Å². The van der Waals surface area contributed by atoms with Gasteiger partial charge in [-0.25, -0.2) is 9.18 Å². The van der Waals surface area contributed by atoms with Crippen molar-refractivity contribution in [2.45, 2.75) is 26.4 Å². The lowest BCUT2D eigenvalue weighted by Gasteiger charge is -2.36. The maximum Gasteiger partial charge on any atom is 0.410 e. The van der Waals surface area contributed by atoms with E-state index in [1.807, 2.05) is 32.9 Å². The normalized spacial score (nSPS) is 14.5. The van der Waals surface area contributed by atoms with E-state index in [0.717, 1.165) is 5.69 Å². The fraction of sp³-hybridized carbons (Fsp3) is 0.364. The monoisotopic (exact) mass is 399 g/mol. The van der Waals surface area contributed by atoms with Crippen molar-refractivity contribution in [1.29, 1.82) is 0 Å². The summed E-state index contributed by atoms with van der Waals surface area (Å²) in [5.74, 6) is -0.600. The van der Waals surface area contributed by atoms with Crippen LogP contribution in [-0.4, -0.2) is 48.7 Å². The second-order valence-corrected chi connectivity index (χ2v) is 7.96. The number of nitrogens with one attached hydrogen (secondary N) is 1. The summed E-state index contributed by atoms with van der Waals surface area (Å²) in [6, 6.07) is 12.9. The molecule has 0 bridgehead atoms. The first-order valence-corrected chi connectivity index (χ1v) is 9.61. The maximum absolute atomic E-state index is 13.0. The Morgan fingerprint density at radius 1 is 0.931 bits per heavy atom. The van der Waals surface area contributed by atoms with E-state index < -0.39 is 5.60 Å². The van der Waals surface area contributed by atoms with Gasteiger partial charge in [0.25, 0.3) is 5.91 Å². The summed E-state index contributed by atoms with van der Waals surface area (Å²) >= 11 is 0. The molecule has 1 heterocycles. The summed E-state index contributed by atoms with van der Waals surface area (Å²) in [7, 11) is 0. The fourth-order valence-corrected chi connectivity index (χ4v) is 3.03. The van der Waals surface area contributed by atoms with Gasteiger partial charge < -0.3 is 19.9 Å². The third kappa shape index (κ3) is 5.70. The standard InChI is InChI=1S/C22H26FN3O3/c1-22(2,3)29-21(28)26-14-12-25(13-15-26)19-10-4-16(5-11-19)20(27)24-18-8-6-17(23)7-9-18/h4-11H,12-15H2,1-3H3,(H,24,27).